The van der Waals surface area contributed by atoms with E-state index in [1.165, 1.54) is 36.8 Å². The van der Waals surface area contributed by atoms with Gasteiger partial charge in [0.2, 0.25) is 0 Å². The van der Waals surface area contributed by atoms with E-state index < -0.39 is 0 Å². The lowest BCUT2D eigenvalue weighted by Gasteiger charge is -2.39. The van der Waals surface area contributed by atoms with E-state index in [1.807, 2.05) is 0 Å². The number of nitrogens with zero attached hydrogens (tertiary/aromatic N) is 1. The summed E-state index contributed by atoms with van der Waals surface area (Å²) >= 11 is 0. The minimum absolute atomic E-state index is 0.168. The first-order chi connectivity index (χ1) is 9.15. The molecule has 2 N–H and O–H groups in total. The van der Waals surface area contributed by atoms with Gasteiger partial charge in [0.1, 0.15) is 0 Å². The smallest absolute Gasteiger partial charge is 0.0501 e. The molecule has 19 heavy (non-hydrogen) atoms. The molecule has 0 amide bonds. The molecule has 2 heteroatoms. The average Bonchev–Trinajstić information content (AvgIpc) is 2.90. The molecule has 1 aromatic rings. The van der Waals surface area contributed by atoms with Crippen molar-refractivity contribution in [1.29, 1.82) is 0 Å². The summed E-state index contributed by atoms with van der Waals surface area (Å²) in [6.45, 7) is 7.71. The summed E-state index contributed by atoms with van der Waals surface area (Å²) in [4.78, 5) is 2.64. The summed E-state index contributed by atoms with van der Waals surface area (Å²) in [6.07, 6.45) is 5.42. The average molecular weight is 260 g/mol. The van der Waals surface area contributed by atoms with E-state index in [0.29, 0.717) is 6.04 Å². The van der Waals surface area contributed by atoms with Crippen LogP contribution in [-0.2, 0) is 0 Å². The zero-order valence-electron chi connectivity index (χ0n) is 12.6. The fourth-order valence-corrected chi connectivity index (χ4v) is 3.60. The van der Waals surface area contributed by atoms with Gasteiger partial charge in [-0.15, -0.1) is 0 Å². The molecule has 0 aromatic heterocycles. The highest BCUT2D eigenvalue weighted by atomic mass is 15.2. The highest BCUT2D eigenvalue weighted by molar-refractivity contribution is 5.30. The second kappa shape index (κ2) is 6.53. The van der Waals surface area contributed by atoms with Gasteiger partial charge in [0.05, 0.1) is 6.04 Å². The van der Waals surface area contributed by atoms with Crippen LogP contribution in [0.2, 0.25) is 0 Å². The van der Waals surface area contributed by atoms with E-state index in [0.717, 1.165) is 12.6 Å². The number of rotatable bonds is 5. The van der Waals surface area contributed by atoms with Gasteiger partial charge in [-0.2, -0.15) is 0 Å². The van der Waals surface area contributed by atoms with E-state index in [4.69, 9.17) is 5.73 Å². The van der Waals surface area contributed by atoms with Crippen molar-refractivity contribution in [2.24, 2.45) is 5.73 Å². The van der Waals surface area contributed by atoms with Crippen LogP contribution < -0.4 is 5.73 Å². The monoisotopic (exact) mass is 260 g/mol. The first-order valence-corrected chi connectivity index (χ1v) is 7.72. The number of nitrogens with two attached hydrogens (primary N) is 1. The zero-order valence-corrected chi connectivity index (χ0v) is 12.6. The van der Waals surface area contributed by atoms with Gasteiger partial charge in [-0.3, -0.25) is 4.90 Å². The molecule has 1 aliphatic rings. The van der Waals surface area contributed by atoms with Crippen LogP contribution in [-0.4, -0.2) is 23.5 Å². The molecular weight excluding hydrogens is 232 g/mol. The SMILES string of the molecule is CCN(C1CCCC1)C(c1ccccc1C)C(C)N. The maximum atomic E-state index is 6.34. The third-order valence-corrected chi connectivity index (χ3v) is 4.52. The fourth-order valence-electron chi connectivity index (χ4n) is 3.60. The lowest BCUT2D eigenvalue weighted by molar-refractivity contribution is 0.126. The zero-order chi connectivity index (χ0) is 13.8. The summed E-state index contributed by atoms with van der Waals surface area (Å²) in [7, 11) is 0. The standard InChI is InChI=1S/C17H28N2/c1-4-19(15-10-6-7-11-15)17(14(3)18)16-12-8-5-9-13(16)2/h5,8-9,12,14-15,17H,4,6-7,10-11,18H2,1-3H3. The van der Waals surface area contributed by atoms with Gasteiger partial charge in [-0.05, 0) is 44.4 Å². The topological polar surface area (TPSA) is 29.3 Å². The summed E-state index contributed by atoms with van der Waals surface area (Å²) in [5, 5.41) is 0. The number of hydrogen-bond donors (Lipinski definition) is 1. The van der Waals surface area contributed by atoms with Crippen LogP contribution in [0.25, 0.3) is 0 Å². The van der Waals surface area contributed by atoms with Crippen molar-refractivity contribution in [1.82, 2.24) is 4.90 Å². The largest absolute Gasteiger partial charge is 0.326 e. The number of likely N-dealkylation sites (N-methyl/N-ethyl adjacent to an activating group) is 1. The fraction of sp³-hybridized carbons (Fsp3) is 0.647. The second-order valence-corrected chi connectivity index (χ2v) is 5.93. The van der Waals surface area contributed by atoms with Gasteiger partial charge in [-0.1, -0.05) is 44.0 Å². The van der Waals surface area contributed by atoms with Crippen molar-refractivity contribution in [2.75, 3.05) is 6.54 Å². The molecule has 0 heterocycles. The minimum Gasteiger partial charge on any atom is -0.326 e. The Hall–Kier alpha value is -0.860. The first-order valence-electron chi connectivity index (χ1n) is 7.72. The van der Waals surface area contributed by atoms with Crippen LogP contribution in [0.15, 0.2) is 24.3 Å². The Labute approximate surface area is 118 Å². The van der Waals surface area contributed by atoms with Gasteiger partial charge in [0.15, 0.2) is 0 Å². The van der Waals surface area contributed by atoms with Crippen molar-refractivity contribution < 1.29 is 0 Å². The summed E-state index contributed by atoms with van der Waals surface area (Å²) < 4.78 is 0. The lowest BCUT2D eigenvalue weighted by Crippen LogP contribution is -2.44. The van der Waals surface area contributed by atoms with Gasteiger partial charge in [0, 0.05) is 12.1 Å². The quantitative estimate of drug-likeness (QED) is 0.875. The number of aryl methyl sites for hydroxylation is 1. The van der Waals surface area contributed by atoms with E-state index in [-0.39, 0.29) is 6.04 Å². The van der Waals surface area contributed by atoms with Gasteiger partial charge in [0.25, 0.3) is 0 Å². The molecule has 0 radical (unpaired) electrons. The molecule has 2 nitrogen and oxygen atoms in total. The first kappa shape index (κ1) is 14.5. The minimum atomic E-state index is 0.168. The van der Waals surface area contributed by atoms with Crippen LogP contribution in [0, 0.1) is 6.92 Å². The van der Waals surface area contributed by atoms with Crippen molar-refractivity contribution in [2.45, 2.75) is 64.6 Å². The molecule has 1 saturated carbocycles. The molecule has 1 fully saturated rings. The molecule has 0 aliphatic heterocycles. The lowest BCUT2D eigenvalue weighted by atomic mass is 9.93. The van der Waals surface area contributed by atoms with Gasteiger partial charge in [-0.25, -0.2) is 0 Å². The van der Waals surface area contributed by atoms with Crippen LogP contribution >= 0.6 is 0 Å². The molecule has 2 rings (SSSR count). The third kappa shape index (κ3) is 3.18. The van der Waals surface area contributed by atoms with Crippen molar-refractivity contribution in [3.63, 3.8) is 0 Å². The van der Waals surface area contributed by atoms with Crippen LogP contribution in [0.5, 0.6) is 0 Å². The second-order valence-electron chi connectivity index (χ2n) is 5.93. The van der Waals surface area contributed by atoms with Crippen molar-refractivity contribution in [3.8, 4) is 0 Å². The highest BCUT2D eigenvalue weighted by Gasteiger charge is 2.31. The van der Waals surface area contributed by atoms with Crippen LogP contribution in [0.1, 0.15) is 56.7 Å². The molecular formula is C17H28N2. The molecule has 1 aromatic carbocycles. The van der Waals surface area contributed by atoms with E-state index in [9.17, 15) is 0 Å². The maximum Gasteiger partial charge on any atom is 0.0501 e. The maximum absolute atomic E-state index is 6.34. The Bertz CT molecular complexity index is 394. The van der Waals surface area contributed by atoms with Crippen molar-refractivity contribution >= 4 is 0 Å². The molecule has 2 unspecified atom stereocenters. The van der Waals surface area contributed by atoms with Crippen molar-refractivity contribution in [3.05, 3.63) is 35.4 Å². The van der Waals surface area contributed by atoms with Gasteiger partial charge >= 0.3 is 0 Å². The van der Waals surface area contributed by atoms with E-state index in [1.54, 1.807) is 0 Å². The van der Waals surface area contributed by atoms with E-state index >= 15 is 0 Å². The Morgan fingerprint density at radius 2 is 1.89 bits per heavy atom. The molecule has 0 spiro atoms. The highest BCUT2D eigenvalue weighted by Crippen LogP contribution is 2.33. The Morgan fingerprint density at radius 1 is 1.26 bits per heavy atom. The third-order valence-electron chi connectivity index (χ3n) is 4.52. The van der Waals surface area contributed by atoms with Gasteiger partial charge < -0.3 is 5.73 Å². The Kier molecular flexibility index (Phi) is 5.00. The Balaban J connectivity index is 2.30. The summed E-state index contributed by atoms with van der Waals surface area (Å²) in [5.41, 5.74) is 9.11. The molecule has 106 valence electrons. The summed E-state index contributed by atoms with van der Waals surface area (Å²) in [5.74, 6) is 0. The van der Waals surface area contributed by atoms with Crippen LogP contribution in [0.3, 0.4) is 0 Å². The number of hydrogen-bond acceptors (Lipinski definition) is 2. The molecule has 2 atom stereocenters. The van der Waals surface area contributed by atoms with Crippen LogP contribution in [0.4, 0.5) is 0 Å². The number of benzene rings is 1. The normalized spacial score (nSPS) is 19.8. The Morgan fingerprint density at radius 3 is 2.42 bits per heavy atom. The molecule has 0 saturated heterocycles. The predicted molar refractivity (Wildman–Crippen MR) is 82.2 cm³/mol. The predicted octanol–water partition coefficient (Wildman–Crippen LogP) is 3.65. The molecule has 1 aliphatic carbocycles. The van der Waals surface area contributed by atoms with E-state index in [2.05, 4.69) is 49.9 Å². The summed E-state index contributed by atoms with van der Waals surface area (Å²) in [6, 6.07) is 9.95. The molecule has 0 bridgehead atoms.